The van der Waals surface area contributed by atoms with Gasteiger partial charge in [0.25, 0.3) is 0 Å². The minimum atomic E-state index is -0.181. The monoisotopic (exact) mass is 185 g/mol. The predicted octanol–water partition coefficient (Wildman–Crippen LogP) is 1.41. The van der Waals surface area contributed by atoms with Gasteiger partial charge in [-0.3, -0.25) is 9.63 Å². The fraction of sp³-hybridized carbons (Fsp3) is 0.125. The zero-order chi connectivity index (χ0) is 8.97. The Balaban J connectivity index is 2.81. The van der Waals surface area contributed by atoms with Gasteiger partial charge in [0.05, 0.1) is 0 Å². The van der Waals surface area contributed by atoms with E-state index in [0.717, 1.165) is 0 Å². The van der Waals surface area contributed by atoms with Crippen LogP contribution in [0.3, 0.4) is 0 Å². The Morgan fingerprint density at radius 1 is 1.58 bits per heavy atom. The van der Waals surface area contributed by atoms with Crippen LogP contribution in [0.5, 0.6) is 0 Å². The van der Waals surface area contributed by atoms with E-state index in [1.165, 1.54) is 0 Å². The first-order chi connectivity index (χ1) is 5.74. The molecular formula is C8H8ClNO2. The standard InChI is InChI=1S/C8H8ClNO2/c9-7-3-1-2-6(4-7)8(11)5-12-10/h1-4H,5,10H2. The molecule has 0 aliphatic rings. The third kappa shape index (κ3) is 2.30. The Hall–Kier alpha value is -0.900. The predicted molar refractivity (Wildman–Crippen MR) is 45.9 cm³/mol. The summed E-state index contributed by atoms with van der Waals surface area (Å²) in [5.41, 5.74) is 0.507. The minimum absolute atomic E-state index is 0.125. The van der Waals surface area contributed by atoms with Crippen molar-refractivity contribution >= 4 is 17.4 Å². The van der Waals surface area contributed by atoms with Gasteiger partial charge >= 0.3 is 0 Å². The number of ketones is 1. The molecule has 0 radical (unpaired) electrons. The molecule has 0 atom stereocenters. The molecule has 0 saturated carbocycles. The summed E-state index contributed by atoms with van der Waals surface area (Å²) < 4.78 is 0. The van der Waals surface area contributed by atoms with E-state index >= 15 is 0 Å². The molecule has 12 heavy (non-hydrogen) atoms. The summed E-state index contributed by atoms with van der Waals surface area (Å²) in [5, 5.41) is 0.526. The maximum absolute atomic E-state index is 11.1. The smallest absolute Gasteiger partial charge is 0.190 e. The van der Waals surface area contributed by atoms with Gasteiger partial charge in [0, 0.05) is 10.6 Å². The molecule has 0 aliphatic heterocycles. The number of carbonyl (C=O) groups is 1. The summed E-state index contributed by atoms with van der Waals surface area (Å²) in [4.78, 5) is 15.3. The highest BCUT2D eigenvalue weighted by molar-refractivity contribution is 6.31. The summed E-state index contributed by atoms with van der Waals surface area (Å²) in [6, 6.07) is 6.63. The number of hydrogen-bond acceptors (Lipinski definition) is 3. The summed E-state index contributed by atoms with van der Waals surface area (Å²) in [5.74, 6) is 4.57. The lowest BCUT2D eigenvalue weighted by Gasteiger charge is -1.98. The Morgan fingerprint density at radius 2 is 2.33 bits per heavy atom. The third-order valence-electron chi connectivity index (χ3n) is 1.36. The first-order valence-electron chi connectivity index (χ1n) is 3.34. The Morgan fingerprint density at radius 3 is 2.92 bits per heavy atom. The molecule has 3 nitrogen and oxygen atoms in total. The van der Waals surface area contributed by atoms with Gasteiger partial charge in [-0.25, -0.2) is 5.90 Å². The van der Waals surface area contributed by atoms with Crippen LogP contribution in [0, 0.1) is 0 Å². The molecule has 2 N–H and O–H groups in total. The molecule has 0 aliphatic carbocycles. The number of rotatable bonds is 3. The van der Waals surface area contributed by atoms with Crippen LogP contribution in [-0.2, 0) is 4.84 Å². The first kappa shape index (κ1) is 9.19. The van der Waals surface area contributed by atoms with Crippen LogP contribution in [0.1, 0.15) is 10.4 Å². The lowest BCUT2D eigenvalue weighted by atomic mass is 10.1. The number of carbonyl (C=O) groups excluding carboxylic acids is 1. The molecule has 1 aromatic carbocycles. The molecule has 1 aromatic rings. The van der Waals surface area contributed by atoms with Gasteiger partial charge in [-0.15, -0.1) is 0 Å². The number of Topliss-reactive ketones (excluding diaryl/α,β-unsaturated/α-hetero) is 1. The number of halogens is 1. The normalized spacial score (nSPS) is 9.83. The van der Waals surface area contributed by atoms with Crippen molar-refractivity contribution in [1.29, 1.82) is 0 Å². The SMILES string of the molecule is NOCC(=O)c1cccc(Cl)c1. The van der Waals surface area contributed by atoms with E-state index in [1.807, 2.05) is 0 Å². The number of nitrogens with two attached hydrogens (primary N) is 1. The molecule has 0 heterocycles. The van der Waals surface area contributed by atoms with E-state index in [4.69, 9.17) is 17.5 Å². The zero-order valence-corrected chi connectivity index (χ0v) is 7.04. The van der Waals surface area contributed by atoms with Gasteiger partial charge < -0.3 is 0 Å². The fourth-order valence-electron chi connectivity index (χ4n) is 0.821. The Kier molecular flexibility index (Phi) is 3.22. The molecule has 1 rings (SSSR count). The van der Waals surface area contributed by atoms with Crippen molar-refractivity contribution in [2.24, 2.45) is 5.90 Å². The van der Waals surface area contributed by atoms with Crippen molar-refractivity contribution in [2.75, 3.05) is 6.61 Å². The average Bonchev–Trinajstić information content (AvgIpc) is 2.05. The van der Waals surface area contributed by atoms with Crippen LogP contribution in [0.4, 0.5) is 0 Å². The summed E-state index contributed by atoms with van der Waals surface area (Å²) >= 11 is 5.66. The summed E-state index contributed by atoms with van der Waals surface area (Å²) in [6.45, 7) is -0.125. The van der Waals surface area contributed by atoms with Crippen molar-refractivity contribution < 1.29 is 9.63 Å². The molecule has 0 spiro atoms. The van der Waals surface area contributed by atoms with Crippen LogP contribution >= 0.6 is 11.6 Å². The Labute approximate surface area is 75.0 Å². The maximum Gasteiger partial charge on any atom is 0.190 e. The molecule has 0 amide bonds. The van der Waals surface area contributed by atoms with E-state index in [2.05, 4.69) is 4.84 Å². The second kappa shape index (κ2) is 4.21. The van der Waals surface area contributed by atoms with E-state index in [-0.39, 0.29) is 12.4 Å². The maximum atomic E-state index is 11.1. The zero-order valence-electron chi connectivity index (χ0n) is 6.29. The van der Waals surface area contributed by atoms with Crippen molar-refractivity contribution in [3.8, 4) is 0 Å². The Bertz CT molecular complexity index is 288. The van der Waals surface area contributed by atoms with Crippen LogP contribution in [0.2, 0.25) is 5.02 Å². The quantitative estimate of drug-likeness (QED) is 0.572. The highest BCUT2D eigenvalue weighted by Gasteiger charge is 2.04. The summed E-state index contributed by atoms with van der Waals surface area (Å²) in [6.07, 6.45) is 0. The van der Waals surface area contributed by atoms with Crippen molar-refractivity contribution in [3.63, 3.8) is 0 Å². The molecule has 0 saturated heterocycles. The first-order valence-corrected chi connectivity index (χ1v) is 3.72. The van der Waals surface area contributed by atoms with Crippen molar-refractivity contribution in [1.82, 2.24) is 0 Å². The van der Waals surface area contributed by atoms with Crippen LogP contribution in [0.25, 0.3) is 0 Å². The molecular weight excluding hydrogens is 178 g/mol. The van der Waals surface area contributed by atoms with E-state index < -0.39 is 0 Å². The van der Waals surface area contributed by atoms with Gasteiger partial charge in [0.2, 0.25) is 0 Å². The molecule has 4 heteroatoms. The largest absolute Gasteiger partial charge is 0.296 e. The number of benzene rings is 1. The molecule has 0 unspecified atom stereocenters. The summed E-state index contributed by atoms with van der Waals surface area (Å²) in [7, 11) is 0. The lowest BCUT2D eigenvalue weighted by Crippen LogP contribution is -2.12. The fourth-order valence-corrected chi connectivity index (χ4v) is 1.01. The van der Waals surface area contributed by atoms with Gasteiger partial charge in [-0.1, -0.05) is 23.7 Å². The van der Waals surface area contributed by atoms with Crippen molar-refractivity contribution in [3.05, 3.63) is 34.9 Å². The molecule has 0 fully saturated rings. The molecule has 0 aromatic heterocycles. The second-order valence-electron chi connectivity index (χ2n) is 2.24. The highest BCUT2D eigenvalue weighted by Crippen LogP contribution is 2.10. The van der Waals surface area contributed by atoms with E-state index in [0.29, 0.717) is 10.6 Å². The minimum Gasteiger partial charge on any atom is -0.296 e. The lowest BCUT2D eigenvalue weighted by molar-refractivity contribution is 0.0763. The van der Waals surface area contributed by atoms with Crippen LogP contribution in [-0.4, -0.2) is 12.4 Å². The van der Waals surface area contributed by atoms with Crippen LogP contribution < -0.4 is 5.90 Å². The molecule has 0 bridgehead atoms. The average molecular weight is 186 g/mol. The van der Waals surface area contributed by atoms with Gasteiger partial charge in [-0.2, -0.15) is 0 Å². The second-order valence-corrected chi connectivity index (χ2v) is 2.68. The third-order valence-corrected chi connectivity index (χ3v) is 1.60. The van der Waals surface area contributed by atoms with Gasteiger partial charge in [0.1, 0.15) is 6.61 Å². The van der Waals surface area contributed by atoms with Gasteiger partial charge in [-0.05, 0) is 12.1 Å². The van der Waals surface area contributed by atoms with E-state index in [9.17, 15) is 4.79 Å². The molecule has 64 valence electrons. The topological polar surface area (TPSA) is 52.3 Å². The van der Waals surface area contributed by atoms with E-state index in [1.54, 1.807) is 24.3 Å². The van der Waals surface area contributed by atoms with Gasteiger partial charge in [0.15, 0.2) is 5.78 Å². The number of hydrogen-bond donors (Lipinski definition) is 1. The van der Waals surface area contributed by atoms with Crippen LogP contribution in [0.15, 0.2) is 24.3 Å². The van der Waals surface area contributed by atoms with Crippen molar-refractivity contribution in [2.45, 2.75) is 0 Å². The highest BCUT2D eigenvalue weighted by atomic mass is 35.5.